The first-order valence-corrected chi connectivity index (χ1v) is 3.55. The van der Waals surface area contributed by atoms with Crippen LogP contribution in [-0.4, -0.2) is 39.3 Å². The Labute approximate surface area is 73.6 Å². The molecule has 13 heavy (non-hydrogen) atoms. The molecule has 5 nitrogen and oxygen atoms in total. The van der Waals surface area contributed by atoms with Gasteiger partial charge in [-0.25, -0.2) is 4.79 Å². The molecule has 0 aromatic heterocycles. The normalized spacial score (nSPS) is 28.2. The van der Waals surface area contributed by atoms with Crippen LogP contribution in [0.1, 0.15) is 0 Å². The van der Waals surface area contributed by atoms with Crippen molar-refractivity contribution < 1.29 is 24.9 Å². The Kier molecular flexibility index (Phi) is 2.60. The van der Waals surface area contributed by atoms with Crippen LogP contribution in [0.2, 0.25) is 0 Å². The zero-order chi connectivity index (χ0) is 10.0. The van der Waals surface area contributed by atoms with Gasteiger partial charge in [0.1, 0.15) is 12.2 Å². The van der Waals surface area contributed by atoms with E-state index in [4.69, 9.17) is 15.3 Å². The minimum Gasteiger partial charge on any atom is -0.478 e. The van der Waals surface area contributed by atoms with E-state index in [1.807, 2.05) is 0 Å². The molecule has 0 bridgehead atoms. The Bertz CT molecular complexity index is 302. The lowest BCUT2D eigenvalue weighted by Crippen LogP contribution is -2.27. The minimum atomic E-state index is -1.46. The van der Waals surface area contributed by atoms with Gasteiger partial charge in [0.05, 0.1) is 0 Å². The number of hydrogen-bond acceptors (Lipinski definition) is 4. The predicted octanol–water partition coefficient (Wildman–Crippen LogP) is -1.14. The molecule has 0 heterocycles. The number of rotatable bonds is 2. The Morgan fingerprint density at radius 1 is 1.38 bits per heavy atom. The summed E-state index contributed by atoms with van der Waals surface area (Å²) in [5, 5.41) is 26.4. The van der Waals surface area contributed by atoms with Crippen molar-refractivity contribution in [2.45, 2.75) is 12.2 Å². The Hall–Kier alpha value is -1.46. The van der Waals surface area contributed by atoms with Crippen molar-refractivity contribution in [3.8, 4) is 0 Å². The molecule has 1 rings (SSSR count). The quantitative estimate of drug-likeness (QED) is 0.471. The fourth-order valence-electron chi connectivity index (χ4n) is 0.987. The van der Waals surface area contributed by atoms with Crippen molar-refractivity contribution in [2.24, 2.45) is 0 Å². The molecule has 1 aliphatic rings. The Balaban J connectivity index is 2.78. The second kappa shape index (κ2) is 3.51. The molecule has 0 fully saturated rings. The number of carbonyl (C=O) groups excluding carboxylic acids is 1. The summed E-state index contributed by atoms with van der Waals surface area (Å²) in [4.78, 5) is 20.9. The van der Waals surface area contributed by atoms with Gasteiger partial charge in [-0.15, -0.1) is 0 Å². The summed E-state index contributed by atoms with van der Waals surface area (Å²) >= 11 is 0. The van der Waals surface area contributed by atoms with E-state index in [0.29, 0.717) is 0 Å². The second-order valence-corrected chi connectivity index (χ2v) is 2.61. The van der Waals surface area contributed by atoms with Crippen molar-refractivity contribution in [2.75, 3.05) is 0 Å². The van der Waals surface area contributed by atoms with Crippen LogP contribution in [0.25, 0.3) is 0 Å². The summed E-state index contributed by atoms with van der Waals surface area (Å²) < 4.78 is 0. The molecule has 0 radical (unpaired) electrons. The van der Waals surface area contributed by atoms with Crippen molar-refractivity contribution in [3.63, 3.8) is 0 Å². The van der Waals surface area contributed by atoms with Gasteiger partial charge in [0, 0.05) is 6.08 Å². The lowest BCUT2D eigenvalue weighted by Gasteiger charge is -2.07. The van der Waals surface area contributed by atoms with E-state index in [1.165, 1.54) is 0 Å². The van der Waals surface area contributed by atoms with Crippen LogP contribution in [0, 0.1) is 0 Å². The van der Waals surface area contributed by atoms with E-state index in [1.54, 1.807) is 0 Å². The first kappa shape index (κ1) is 9.63. The van der Waals surface area contributed by atoms with E-state index in [0.717, 1.165) is 18.2 Å². The summed E-state index contributed by atoms with van der Waals surface area (Å²) in [5.74, 6) is -1.79. The lowest BCUT2D eigenvalue weighted by atomic mass is 10.1. The molecule has 70 valence electrons. The lowest BCUT2D eigenvalue weighted by molar-refractivity contribution is -0.131. The van der Waals surface area contributed by atoms with E-state index in [9.17, 15) is 9.59 Å². The SMILES string of the molecule is O=C(O)C=CC1=CC(=O)C(O)C1O. The largest absolute Gasteiger partial charge is 0.478 e. The maximum Gasteiger partial charge on any atom is 0.328 e. The molecule has 0 spiro atoms. The van der Waals surface area contributed by atoms with Crippen LogP contribution >= 0.6 is 0 Å². The van der Waals surface area contributed by atoms with Crippen LogP contribution < -0.4 is 0 Å². The van der Waals surface area contributed by atoms with Crippen LogP contribution in [-0.2, 0) is 9.59 Å². The third-order valence-electron chi connectivity index (χ3n) is 1.66. The highest BCUT2D eigenvalue weighted by atomic mass is 16.4. The van der Waals surface area contributed by atoms with Crippen molar-refractivity contribution >= 4 is 11.8 Å². The number of carboxylic acids is 1. The monoisotopic (exact) mass is 184 g/mol. The van der Waals surface area contributed by atoms with E-state index >= 15 is 0 Å². The van der Waals surface area contributed by atoms with Gasteiger partial charge in [0.25, 0.3) is 0 Å². The van der Waals surface area contributed by atoms with Crippen molar-refractivity contribution in [1.29, 1.82) is 0 Å². The number of hydrogen-bond donors (Lipinski definition) is 3. The van der Waals surface area contributed by atoms with Crippen LogP contribution in [0.4, 0.5) is 0 Å². The molecule has 0 amide bonds. The minimum absolute atomic E-state index is 0.111. The maximum atomic E-state index is 10.8. The zero-order valence-electron chi connectivity index (χ0n) is 6.54. The van der Waals surface area contributed by atoms with Crippen molar-refractivity contribution in [3.05, 3.63) is 23.8 Å². The summed E-state index contributed by atoms with van der Waals surface area (Å²) in [5.41, 5.74) is 0.111. The Morgan fingerprint density at radius 2 is 2.00 bits per heavy atom. The summed E-state index contributed by atoms with van der Waals surface area (Å²) in [7, 11) is 0. The van der Waals surface area contributed by atoms with E-state index < -0.39 is 24.0 Å². The summed E-state index contributed by atoms with van der Waals surface area (Å²) in [6.07, 6.45) is 0.118. The Morgan fingerprint density at radius 3 is 2.38 bits per heavy atom. The van der Waals surface area contributed by atoms with Gasteiger partial charge in [-0.3, -0.25) is 4.79 Å². The number of aliphatic hydroxyl groups is 2. The summed E-state index contributed by atoms with van der Waals surface area (Å²) in [6.45, 7) is 0. The molecular weight excluding hydrogens is 176 g/mol. The highest BCUT2D eigenvalue weighted by Crippen LogP contribution is 2.17. The molecule has 0 saturated carbocycles. The van der Waals surface area contributed by atoms with Crippen LogP contribution in [0.15, 0.2) is 23.8 Å². The molecule has 3 N–H and O–H groups in total. The standard InChI is InChI=1S/C8H8O5/c9-5-3-4(1-2-6(10)11)7(12)8(5)13/h1-3,7-8,12-13H,(H,10,11). The van der Waals surface area contributed by atoms with E-state index in [2.05, 4.69) is 0 Å². The van der Waals surface area contributed by atoms with E-state index in [-0.39, 0.29) is 5.57 Å². The maximum absolute atomic E-state index is 10.8. The molecule has 5 heteroatoms. The molecule has 2 unspecified atom stereocenters. The molecule has 1 aliphatic carbocycles. The topological polar surface area (TPSA) is 94.8 Å². The first-order chi connectivity index (χ1) is 6.02. The highest BCUT2D eigenvalue weighted by molar-refractivity contribution is 5.98. The van der Waals surface area contributed by atoms with Crippen LogP contribution in [0.3, 0.4) is 0 Å². The van der Waals surface area contributed by atoms with Gasteiger partial charge in [-0.05, 0) is 17.7 Å². The predicted molar refractivity (Wildman–Crippen MR) is 41.9 cm³/mol. The zero-order valence-corrected chi connectivity index (χ0v) is 6.54. The summed E-state index contributed by atoms with van der Waals surface area (Å²) in [6, 6.07) is 0. The number of aliphatic hydroxyl groups excluding tert-OH is 2. The molecular formula is C8H8O5. The highest BCUT2D eigenvalue weighted by Gasteiger charge is 2.31. The fraction of sp³-hybridized carbons (Fsp3) is 0.250. The average molecular weight is 184 g/mol. The number of carbonyl (C=O) groups is 2. The smallest absolute Gasteiger partial charge is 0.328 e. The second-order valence-electron chi connectivity index (χ2n) is 2.61. The molecule has 2 atom stereocenters. The van der Waals surface area contributed by atoms with Gasteiger partial charge in [-0.2, -0.15) is 0 Å². The third kappa shape index (κ3) is 2.01. The first-order valence-electron chi connectivity index (χ1n) is 3.55. The number of ketones is 1. The third-order valence-corrected chi connectivity index (χ3v) is 1.66. The van der Waals surface area contributed by atoms with Crippen molar-refractivity contribution in [1.82, 2.24) is 0 Å². The molecule has 0 aliphatic heterocycles. The number of aliphatic carboxylic acids is 1. The number of carboxylic acid groups (broad SMARTS) is 1. The van der Waals surface area contributed by atoms with Crippen LogP contribution in [0.5, 0.6) is 0 Å². The fourth-order valence-corrected chi connectivity index (χ4v) is 0.987. The molecule has 0 aromatic rings. The molecule has 0 aromatic carbocycles. The average Bonchev–Trinajstić information content (AvgIpc) is 2.29. The van der Waals surface area contributed by atoms with Gasteiger partial charge in [0.15, 0.2) is 5.78 Å². The molecule has 0 saturated heterocycles. The van der Waals surface area contributed by atoms with Gasteiger partial charge in [0.2, 0.25) is 0 Å². The van der Waals surface area contributed by atoms with Gasteiger partial charge < -0.3 is 15.3 Å². The van der Waals surface area contributed by atoms with Gasteiger partial charge in [-0.1, -0.05) is 0 Å². The van der Waals surface area contributed by atoms with Gasteiger partial charge >= 0.3 is 5.97 Å².